The molecule has 116 valence electrons. The van der Waals surface area contributed by atoms with E-state index in [0.29, 0.717) is 0 Å². The second kappa shape index (κ2) is 7.15. The molecule has 0 aromatic heterocycles. The summed E-state index contributed by atoms with van der Waals surface area (Å²) >= 11 is 0. The van der Waals surface area contributed by atoms with Gasteiger partial charge in [-0.05, 0) is 34.7 Å². The molecular weight excluding hydrogens is 278 g/mol. The molecule has 0 amide bonds. The monoisotopic (exact) mass is 301 g/mol. The summed E-state index contributed by atoms with van der Waals surface area (Å²) in [6.07, 6.45) is 2.13. The third-order valence-corrected chi connectivity index (χ3v) is 4.29. The molecule has 0 saturated heterocycles. The molecule has 23 heavy (non-hydrogen) atoms. The number of anilines is 1. The molecule has 0 unspecified atom stereocenters. The van der Waals surface area contributed by atoms with Crippen molar-refractivity contribution in [2.24, 2.45) is 0 Å². The smallest absolute Gasteiger partial charge is 0.0346 e. The van der Waals surface area contributed by atoms with Crippen molar-refractivity contribution in [3.05, 3.63) is 101 Å². The highest BCUT2D eigenvalue weighted by molar-refractivity contribution is 5.53. The molecular formula is C22H23N. The Labute approximate surface area is 138 Å². The summed E-state index contributed by atoms with van der Waals surface area (Å²) in [5.41, 5.74) is 12.2. The second-order valence-corrected chi connectivity index (χ2v) is 5.96. The number of hydrogen-bond acceptors (Lipinski definition) is 1. The number of hydrogen-bond donors (Lipinski definition) is 1. The number of nitrogens with two attached hydrogens (primary N) is 1. The van der Waals surface area contributed by atoms with Crippen molar-refractivity contribution in [1.82, 2.24) is 0 Å². The fraction of sp³-hybridized carbons (Fsp3) is 0.182. The molecule has 3 aromatic rings. The van der Waals surface area contributed by atoms with E-state index < -0.39 is 0 Å². The van der Waals surface area contributed by atoms with Gasteiger partial charge >= 0.3 is 0 Å². The molecule has 3 aromatic carbocycles. The fourth-order valence-electron chi connectivity index (χ4n) is 3.16. The van der Waals surface area contributed by atoms with Gasteiger partial charge in [0.15, 0.2) is 0 Å². The van der Waals surface area contributed by atoms with Crippen molar-refractivity contribution >= 4 is 5.69 Å². The maximum absolute atomic E-state index is 6.15. The normalized spacial score (nSPS) is 10.9. The van der Waals surface area contributed by atoms with Crippen LogP contribution in [0.4, 0.5) is 5.69 Å². The number of aryl methyl sites for hydroxylation is 1. The Morgan fingerprint density at radius 1 is 0.739 bits per heavy atom. The molecule has 0 fully saturated rings. The van der Waals surface area contributed by atoms with Crippen LogP contribution in [-0.2, 0) is 6.42 Å². The van der Waals surface area contributed by atoms with Gasteiger partial charge in [0.2, 0.25) is 0 Å². The van der Waals surface area contributed by atoms with E-state index in [0.717, 1.165) is 18.5 Å². The standard InChI is InChI=1S/C22H23N/c1-2-9-19-16-20(14-15-21(19)23)22(17-10-5-3-6-11-17)18-12-7-4-8-13-18/h3-8,10-16,22H,2,9,23H2,1H3. The topological polar surface area (TPSA) is 26.0 Å². The molecule has 0 aliphatic carbocycles. The van der Waals surface area contributed by atoms with Crippen LogP contribution in [0.25, 0.3) is 0 Å². The summed E-state index contributed by atoms with van der Waals surface area (Å²) in [7, 11) is 0. The lowest BCUT2D eigenvalue weighted by Gasteiger charge is -2.20. The summed E-state index contributed by atoms with van der Waals surface area (Å²) in [4.78, 5) is 0. The minimum Gasteiger partial charge on any atom is -0.399 e. The number of rotatable bonds is 5. The first-order valence-corrected chi connectivity index (χ1v) is 8.27. The molecule has 0 aliphatic rings. The van der Waals surface area contributed by atoms with Crippen LogP contribution in [-0.4, -0.2) is 0 Å². The van der Waals surface area contributed by atoms with Crippen molar-refractivity contribution in [2.45, 2.75) is 25.7 Å². The van der Waals surface area contributed by atoms with E-state index in [-0.39, 0.29) is 5.92 Å². The third kappa shape index (κ3) is 3.45. The maximum Gasteiger partial charge on any atom is 0.0346 e. The Kier molecular flexibility index (Phi) is 4.77. The van der Waals surface area contributed by atoms with Crippen LogP contribution >= 0.6 is 0 Å². The first-order chi connectivity index (χ1) is 11.3. The van der Waals surface area contributed by atoms with E-state index in [1.165, 1.54) is 22.3 Å². The maximum atomic E-state index is 6.15. The number of nitrogen functional groups attached to an aromatic ring is 1. The summed E-state index contributed by atoms with van der Waals surface area (Å²) in [6.45, 7) is 2.19. The van der Waals surface area contributed by atoms with E-state index in [2.05, 4.69) is 85.8 Å². The van der Waals surface area contributed by atoms with Gasteiger partial charge in [0.1, 0.15) is 0 Å². The summed E-state index contributed by atoms with van der Waals surface area (Å²) in [5, 5.41) is 0. The van der Waals surface area contributed by atoms with Crippen molar-refractivity contribution in [3.8, 4) is 0 Å². The van der Waals surface area contributed by atoms with Crippen molar-refractivity contribution < 1.29 is 0 Å². The Morgan fingerprint density at radius 3 is 1.83 bits per heavy atom. The lowest BCUT2D eigenvalue weighted by Crippen LogP contribution is -2.05. The van der Waals surface area contributed by atoms with E-state index in [4.69, 9.17) is 5.73 Å². The zero-order chi connectivity index (χ0) is 16.1. The van der Waals surface area contributed by atoms with Gasteiger partial charge in [0, 0.05) is 11.6 Å². The van der Waals surface area contributed by atoms with Gasteiger partial charge in [-0.25, -0.2) is 0 Å². The Morgan fingerprint density at radius 2 is 1.30 bits per heavy atom. The van der Waals surface area contributed by atoms with Gasteiger partial charge in [0.05, 0.1) is 0 Å². The van der Waals surface area contributed by atoms with Crippen LogP contribution in [0.3, 0.4) is 0 Å². The SMILES string of the molecule is CCCc1cc(C(c2ccccc2)c2ccccc2)ccc1N. The van der Waals surface area contributed by atoms with Crippen molar-refractivity contribution in [1.29, 1.82) is 0 Å². The second-order valence-electron chi connectivity index (χ2n) is 5.96. The average Bonchev–Trinajstić information content (AvgIpc) is 2.60. The van der Waals surface area contributed by atoms with Crippen LogP contribution in [0.5, 0.6) is 0 Å². The van der Waals surface area contributed by atoms with E-state index in [1.807, 2.05) is 0 Å². The van der Waals surface area contributed by atoms with Crippen LogP contribution < -0.4 is 5.73 Å². The zero-order valence-electron chi connectivity index (χ0n) is 13.6. The fourth-order valence-corrected chi connectivity index (χ4v) is 3.16. The van der Waals surface area contributed by atoms with Crippen molar-refractivity contribution in [3.63, 3.8) is 0 Å². The van der Waals surface area contributed by atoms with Gasteiger partial charge in [-0.15, -0.1) is 0 Å². The Bertz CT molecular complexity index is 708. The lowest BCUT2D eigenvalue weighted by molar-refractivity contribution is 0.911. The molecule has 0 atom stereocenters. The van der Waals surface area contributed by atoms with Gasteiger partial charge < -0.3 is 5.73 Å². The highest BCUT2D eigenvalue weighted by Gasteiger charge is 2.17. The quantitative estimate of drug-likeness (QED) is 0.495. The highest BCUT2D eigenvalue weighted by Crippen LogP contribution is 2.33. The molecule has 0 heterocycles. The van der Waals surface area contributed by atoms with Crippen molar-refractivity contribution in [2.75, 3.05) is 5.73 Å². The minimum absolute atomic E-state index is 0.244. The molecule has 0 bridgehead atoms. The Hall–Kier alpha value is -2.54. The predicted octanol–water partition coefficient (Wildman–Crippen LogP) is 5.40. The Balaban J connectivity index is 2.11. The summed E-state index contributed by atoms with van der Waals surface area (Å²) in [6, 6.07) is 27.9. The average molecular weight is 301 g/mol. The largest absolute Gasteiger partial charge is 0.399 e. The summed E-state index contributed by atoms with van der Waals surface area (Å²) in [5.74, 6) is 0.244. The summed E-state index contributed by atoms with van der Waals surface area (Å²) < 4.78 is 0. The predicted molar refractivity (Wildman–Crippen MR) is 98.7 cm³/mol. The molecule has 1 nitrogen and oxygen atoms in total. The molecule has 0 radical (unpaired) electrons. The molecule has 0 spiro atoms. The third-order valence-electron chi connectivity index (χ3n) is 4.29. The lowest BCUT2D eigenvalue weighted by atomic mass is 9.84. The first-order valence-electron chi connectivity index (χ1n) is 8.27. The minimum atomic E-state index is 0.244. The van der Waals surface area contributed by atoms with Gasteiger partial charge in [-0.2, -0.15) is 0 Å². The van der Waals surface area contributed by atoms with E-state index >= 15 is 0 Å². The molecule has 1 heteroatoms. The van der Waals surface area contributed by atoms with Crippen LogP contribution in [0.15, 0.2) is 78.9 Å². The van der Waals surface area contributed by atoms with E-state index in [1.54, 1.807) is 0 Å². The van der Waals surface area contributed by atoms with Crippen LogP contribution in [0.2, 0.25) is 0 Å². The zero-order valence-corrected chi connectivity index (χ0v) is 13.6. The van der Waals surface area contributed by atoms with Crippen LogP contribution in [0, 0.1) is 0 Å². The van der Waals surface area contributed by atoms with Gasteiger partial charge in [-0.3, -0.25) is 0 Å². The molecule has 3 rings (SSSR count). The van der Waals surface area contributed by atoms with Gasteiger partial charge in [-0.1, -0.05) is 86.1 Å². The molecule has 2 N–H and O–H groups in total. The molecule has 0 aliphatic heterocycles. The van der Waals surface area contributed by atoms with Gasteiger partial charge in [0.25, 0.3) is 0 Å². The highest BCUT2D eigenvalue weighted by atomic mass is 14.6. The molecule has 0 saturated carbocycles. The number of benzene rings is 3. The first kappa shape index (κ1) is 15.4. The van der Waals surface area contributed by atoms with Crippen LogP contribution in [0.1, 0.15) is 41.5 Å². The van der Waals surface area contributed by atoms with E-state index in [9.17, 15) is 0 Å².